The highest BCUT2D eigenvalue weighted by atomic mass is 19.3. The number of hydrogen-bond acceptors (Lipinski definition) is 7. The Kier molecular flexibility index (Phi) is 10.7. The fraction of sp³-hybridized carbons (Fsp3) is 0.520. The SMILES string of the molecule is CC(=O)OC(C)(C)C.O=C(O)COC1CCC(NC(=O)c2cnc3cc(OC(F)F)c(F)cc3c2)CC1. The zero-order chi connectivity index (χ0) is 27.8. The number of aromatic nitrogens is 1. The number of alkyl halides is 2. The Morgan fingerprint density at radius 2 is 1.78 bits per heavy atom. The van der Waals surface area contributed by atoms with Crippen LogP contribution in [0.1, 0.15) is 63.7 Å². The fourth-order valence-corrected chi connectivity index (χ4v) is 3.70. The molecule has 0 spiro atoms. The minimum atomic E-state index is -3.16. The van der Waals surface area contributed by atoms with Gasteiger partial charge in [-0.2, -0.15) is 8.78 Å². The van der Waals surface area contributed by atoms with Crippen LogP contribution in [0.3, 0.4) is 0 Å². The van der Waals surface area contributed by atoms with Crippen LogP contribution in [0, 0.1) is 5.82 Å². The van der Waals surface area contributed by atoms with E-state index in [1.54, 1.807) is 0 Å². The summed E-state index contributed by atoms with van der Waals surface area (Å²) in [6.07, 6.45) is 3.68. The lowest BCUT2D eigenvalue weighted by molar-refractivity contribution is -0.152. The van der Waals surface area contributed by atoms with Crippen LogP contribution in [-0.4, -0.2) is 58.9 Å². The summed E-state index contributed by atoms with van der Waals surface area (Å²) >= 11 is 0. The number of carbonyl (C=O) groups is 3. The number of amides is 1. The van der Waals surface area contributed by atoms with Gasteiger partial charge in [0, 0.05) is 30.6 Å². The van der Waals surface area contributed by atoms with Crippen molar-refractivity contribution in [2.45, 2.75) is 77.7 Å². The van der Waals surface area contributed by atoms with Crippen LogP contribution in [-0.2, 0) is 19.1 Å². The molecule has 0 atom stereocenters. The van der Waals surface area contributed by atoms with Gasteiger partial charge in [-0.05, 0) is 58.6 Å². The summed E-state index contributed by atoms with van der Waals surface area (Å²) in [5.41, 5.74) is 0.101. The Morgan fingerprint density at radius 3 is 2.30 bits per heavy atom. The van der Waals surface area contributed by atoms with Crippen molar-refractivity contribution < 1.29 is 46.9 Å². The van der Waals surface area contributed by atoms with E-state index in [0.717, 1.165) is 12.1 Å². The van der Waals surface area contributed by atoms with Crippen LogP contribution in [0.2, 0.25) is 0 Å². The maximum atomic E-state index is 13.9. The molecule has 0 bridgehead atoms. The highest BCUT2D eigenvalue weighted by molar-refractivity contribution is 5.97. The van der Waals surface area contributed by atoms with Gasteiger partial charge in [0.2, 0.25) is 0 Å². The van der Waals surface area contributed by atoms with E-state index in [9.17, 15) is 27.6 Å². The average Bonchev–Trinajstić information content (AvgIpc) is 2.77. The molecule has 1 aromatic carbocycles. The first-order chi connectivity index (χ1) is 17.2. The molecule has 204 valence electrons. The zero-order valence-corrected chi connectivity index (χ0v) is 21.1. The van der Waals surface area contributed by atoms with E-state index in [4.69, 9.17) is 14.6 Å². The third-order valence-corrected chi connectivity index (χ3v) is 5.12. The first-order valence-electron chi connectivity index (χ1n) is 11.6. The van der Waals surface area contributed by atoms with Crippen molar-refractivity contribution in [2.75, 3.05) is 6.61 Å². The summed E-state index contributed by atoms with van der Waals surface area (Å²) in [6.45, 7) is 3.43. The van der Waals surface area contributed by atoms with E-state index in [1.165, 1.54) is 19.2 Å². The van der Waals surface area contributed by atoms with E-state index < -0.39 is 24.1 Å². The Bertz CT molecular complexity index is 1100. The van der Waals surface area contributed by atoms with Crippen LogP contribution in [0.4, 0.5) is 13.2 Å². The average molecular weight is 529 g/mol. The normalized spacial score (nSPS) is 17.5. The molecule has 2 N–H and O–H groups in total. The topological polar surface area (TPSA) is 124 Å². The molecule has 2 aromatic rings. The number of benzene rings is 1. The predicted octanol–water partition coefficient (Wildman–Crippen LogP) is 4.47. The Labute approximate surface area is 212 Å². The number of aliphatic carboxylic acids is 1. The molecule has 1 saturated carbocycles. The molecule has 0 unspecified atom stereocenters. The van der Waals surface area contributed by atoms with Crippen LogP contribution in [0.25, 0.3) is 10.9 Å². The van der Waals surface area contributed by atoms with Crippen LogP contribution in [0.15, 0.2) is 24.4 Å². The number of halogens is 3. The number of esters is 1. The second-order valence-electron chi connectivity index (χ2n) is 9.44. The lowest BCUT2D eigenvalue weighted by atomic mass is 9.92. The van der Waals surface area contributed by atoms with Gasteiger partial charge in [-0.1, -0.05) is 0 Å². The standard InChI is InChI=1S/C19H19F3N2O5.C6H12O2/c20-14-6-10-5-11(8-23-15(10)7-16(14)29-19(21)22)18(27)24-12-1-3-13(4-2-12)28-9-17(25)26;1-5(7)8-6(2,3)4/h5-8,12-13,19H,1-4,9H2,(H,24,27)(H,25,26);1-4H3. The number of ether oxygens (including phenoxy) is 3. The van der Waals surface area contributed by atoms with E-state index in [1.807, 2.05) is 20.8 Å². The second-order valence-corrected chi connectivity index (χ2v) is 9.44. The molecule has 37 heavy (non-hydrogen) atoms. The van der Waals surface area contributed by atoms with Crippen molar-refractivity contribution in [3.63, 3.8) is 0 Å². The fourth-order valence-electron chi connectivity index (χ4n) is 3.70. The first kappa shape index (κ1) is 29.8. The summed E-state index contributed by atoms with van der Waals surface area (Å²) in [5, 5.41) is 11.8. The number of hydrogen-bond donors (Lipinski definition) is 2. The molecule has 0 aliphatic heterocycles. The van der Waals surface area contributed by atoms with Gasteiger partial charge in [-0.25, -0.2) is 9.18 Å². The third-order valence-electron chi connectivity index (χ3n) is 5.12. The third kappa shape index (κ3) is 10.6. The minimum Gasteiger partial charge on any atom is -0.480 e. The molecule has 12 heteroatoms. The molecule has 1 aliphatic carbocycles. The van der Waals surface area contributed by atoms with Gasteiger partial charge in [0.05, 0.1) is 17.2 Å². The Morgan fingerprint density at radius 1 is 1.14 bits per heavy atom. The first-order valence-corrected chi connectivity index (χ1v) is 11.6. The lowest BCUT2D eigenvalue weighted by Gasteiger charge is -2.28. The van der Waals surface area contributed by atoms with Crippen molar-refractivity contribution in [1.82, 2.24) is 10.3 Å². The van der Waals surface area contributed by atoms with Crippen LogP contribution < -0.4 is 10.1 Å². The molecule has 0 radical (unpaired) electrons. The highest BCUT2D eigenvalue weighted by Crippen LogP contribution is 2.26. The van der Waals surface area contributed by atoms with E-state index >= 15 is 0 Å². The number of carbonyl (C=O) groups excluding carboxylic acids is 2. The zero-order valence-electron chi connectivity index (χ0n) is 21.1. The molecule has 9 nitrogen and oxygen atoms in total. The predicted molar refractivity (Wildman–Crippen MR) is 127 cm³/mol. The summed E-state index contributed by atoms with van der Waals surface area (Å²) < 4.78 is 52.7. The van der Waals surface area contributed by atoms with Gasteiger partial charge in [-0.15, -0.1) is 0 Å². The van der Waals surface area contributed by atoms with Crippen molar-refractivity contribution in [3.8, 4) is 5.75 Å². The summed E-state index contributed by atoms with van der Waals surface area (Å²) in [4.78, 5) is 37.3. The summed E-state index contributed by atoms with van der Waals surface area (Å²) in [7, 11) is 0. The monoisotopic (exact) mass is 528 g/mol. The molecule has 1 amide bonds. The second kappa shape index (κ2) is 13.2. The molecule has 1 aromatic heterocycles. The van der Waals surface area contributed by atoms with Gasteiger partial charge in [-0.3, -0.25) is 14.6 Å². The number of carboxylic acids is 1. The van der Waals surface area contributed by atoms with E-state index in [0.29, 0.717) is 25.7 Å². The molecule has 0 saturated heterocycles. The van der Waals surface area contributed by atoms with Gasteiger partial charge in [0.15, 0.2) is 11.6 Å². The van der Waals surface area contributed by atoms with E-state index in [2.05, 4.69) is 15.0 Å². The molecular weight excluding hydrogens is 497 g/mol. The van der Waals surface area contributed by atoms with Crippen molar-refractivity contribution >= 4 is 28.7 Å². The molecule has 3 rings (SSSR count). The number of carboxylic acid groups (broad SMARTS) is 1. The number of nitrogens with zero attached hydrogens (tertiary/aromatic N) is 1. The largest absolute Gasteiger partial charge is 0.480 e. The summed E-state index contributed by atoms with van der Waals surface area (Å²) in [5.74, 6) is -3.22. The molecule has 1 aliphatic rings. The minimum absolute atomic E-state index is 0.0959. The van der Waals surface area contributed by atoms with Gasteiger partial charge in [0.25, 0.3) is 5.91 Å². The van der Waals surface area contributed by atoms with Gasteiger partial charge < -0.3 is 24.6 Å². The van der Waals surface area contributed by atoms with Crippen molar-refractivity contribution in [2.24, 2.45) is 0 Å². The highest BCUT2D eigenvalue weighted by Gasteiger charge is 2.24. The molecular formula is C25H31F3N2O7. The number of fused-ring (bicyclic) bond motifs is 1. The molecule has 1 fully saturated rings. The number of nitrogens with one attached hydrogen (secondary N) is 1. The summed E-state index contributed by atoms with van der Waals surface area (Å²) in [6, 6.07) is 3.37. The van der Waals surface area contributed by atoms with Crippen molar-refractivity contribution in [3.05, 3.63) is 35.8 Å². The molecule has 1 heterocycles. The smallest absolute Gasteiger partial charge is 0.387 e. The number of rotatable bonds is 7. The number of pyridine rings is 1. The van der Waals surface area contributed by atoms with Crippen LogP contribution in [0.5, 0.6) is 5.75 Å². The Hall–Kier alpha value is -3.41. The van der Waals surface area contributed by atoms with Gasteiger partial charge >= 0.3 is 18.6 Å². The van der Waals surface area contributed by atoms with Crippen LogP contribution >= 0.6 is 0 Å². The van der Waals surface area contributed by atoms with E-state index in [-0.39, 0.29) is 52.7 Å². The maximum absolute atomic E-state index is 13.9. The lowest BCUT2D eigenvalue weighted by Crippen LogP contribution is -2.39. The quantitative estimate of drug-likeness (QED) is 0.505. The van der Waals surface area contributed by atoms with Crippen molar-refractivity contribution in [1.29, 1.82) is 0 Å². The Balaban J connectivity index is 0.000000521. The van der Waals surface area contributed by atoms with Gasteiger partial charge in [0.1, 0.15) is 12.2 Å². The maximum Gasteiger partial charge on any atom is 0.387 e.